The molecule has 0 heterocycles. The smallest absolute Gasteiger partial charge is 0.220 e. The van der Waals surface area contributed by atoms with E-state index in [9.17, 15) is 15.0 Å². The van der Waals surface area contributed by atoms with Crippen molar-refractivity contribution in [2.24, 2.45) is 0 Å². The van der Waals surface area contributed by atoms with Gasteiger partial charge in [0.25, 0.3) is 0 Å². The van der Waals surface area contributed by atoms with Crippen molar-refractivity contribution in [1.82, 2.24) is 5.32 Å². The lowest BCUT2D eigenvalue weighted by atomic mass is 10.0. The van der Waals surface area contributed by atoms with Crippen molar-refractivity contribution in [3.63, 3.8) is 0 Å². The normalized spacial score (nSPS) is 13.2. The van der Waals surface area contributed by atoms with Crippen LogP contribution in [0.4, 0.5) is 0 Å². The molecule has 0 saturated carbocycles. The van der Waals surface area contributed by atoms with Gasteiger partial charge in [0.05, 0.1) is 18.8 Å². The molecule has 0 aliphatic carbocycles. The van der Waals surface area contributed by atoms with Crippen LogP contribution < -0.4 is 5.32 Å². The van der Waals surface area contributed by atoms with E-state index in [-0.39, 0.29) is 12.5 Å². The molecule has 0 aliphatic heterocycles. The van der Waals surface area contributed by atoms with E-state index >= 15 is 0 Å². The molecule has 3 N–H and O–H groups in total. The molecule has 0 rings (SSSR count). The Bertz CT molecular complexity index is 806. The molecule has 0 aromatic rings. The van der Waals surface area contributed by atoms with Crippen molar-refractivity contribution in [2.45, 2.75) is 264 Å². The highest BCUT2D eigenvalue weighted by Gasteiger charge is 2.17. The first-order valence-electron chi connectivity index (χ1n) is 23.7. The van der Waals surface area contributed by atoms with E-state index in [1.165, 1.54) is 199 Å². The van der Waals surface area contributed by atoms with Crippen LogP contribution in [0, 0.1) is 0 Å². The molecule has 0 fully saturated rings. The number of unbranched alkanes of at least 4 members (excludes halogenated alkanes) is 32. The van der Waals surface area contributed by atoms with Crippen LogP contribution in [0.5, 0.6) is 0 Å². The Balaban J connectivity index is 3.57. The van der Waals surface area contributed by atoms with E-state index in [0.717, 1.165) is 32.1 Å². The summed E-state index contributed by atoms with van der Waals surface area (Å²) in [5, 5.41) is 23.1. The molecule has 0 aromatic carbocycles. The summed E-state index contributed by atoms with van der Waals surface area (Å²) in [7, 11) is 0. The fourth-order valence-corrected chi connectivity index (χ4v) is 7.21. The molecule has 53 heavy (non-hydrogen) atoms. The summed E-state index contributed by atoms with van der Waals surface area (Å²) < 4.78 is 0. The highest BCUT2D eigenvalue weighted by molar-refractivity contribution is 5.76. The quantitative estimate of drug-likeness (QED) is 0.0430. The Morgan fingerprint density at radius 3 is 1.13 bits per heavy atom. The Morgan fingerprint density at radius 1 is 0.453 bits per heavy atom. The summed E-state index contributed by atoms with van der Waals surface area (Å²) in [5.74, 6) is -0.0700. The summed E-state index contributed by atoms with van der Waals surface area (Å²) in [6.45, 7) is 4.32. The zero-order valence-corrected chi connectivity index (χ0v) is 35.8. The van der Waals surface area contributed by atoms with Gasteiger partial charge in [0, 0.05) is 6.42 Å². The monoisotopic (exact) mass is 744 g/mol. The van der Waals surface area contributed by atoms with Gasteiger partial charge in [-0.05, 0) is 51.4 Å². The molecule has 2 atom stereocenters. The highest BCUT2D eigenvalue weighted by atomic mass is 16.3. The van der Waals surface area contributed by atoms with Gasteiger partial charge in [-0.3, -0.25) is 4.79 Å². The first-order chi connectivity index (χ1) is 26.2. The van der Waals surface area contributed by atoms with Crippen LogP contribution in [0.3, 0.4) is 0 Å². The maximum absolute atomic E-state index is 12.4. The predicted molar refractivity (Wildman–Crippen MR) is 235 cm³/mol. The van der Waals surface area contributed by atoms with Crippen LogP contribution in [0.2, 0.25) is 0 Å². The van der Waals surface area contributed by atoms with Crippen molar-refractivity contribution >= 4 is 5.91 Å². The van der Waals surface area contributed by atoms with Gasteiger partial charge in [-0.2, -0.15) is 0 Å². The largest absolute Gasteiger partial charge is 0.394 e. The highest BCUT2D eigenvalue weighted by Crippen LogP contribution is 2.15. The Morgan fingerprint density at radius 2 is 0.774 bits per heavy atom. The molecular formula is C49H93NO3. The van der Waals surface area contributed by atoms with Gasteiger partial charge < -0.3 is 15.5 Å². The second kappa shape index (κ2) is 45.0. The van der Waals surface area contributed by atoms with Crippen molar-refractivity contribution in [1.29, 1.82) is 0 Å². The third-order valence-electron chi connectivity index (χ3n) is 10.9. The lowest BCUT2D eigenvalue weighted by molar-refractivity contribution is -0.123. The summed E-state index contributed by atoms with van der Waals surface area (Å²) in [6.07, 6.45) is 59.7. The van der Waals surface area contributed by atoms with E-state index in [1.807, 2.05) is 6.08 Å². The van der Waals surface area contributed by atoms with Gasteiger partial charge in [0.2, 0.25) is 5.91 Å². The van der Waals surface area contributed by atoms with Crippen LogP contribution in [-0.2, 0) is 4.79 Å². The Labute approximate surface area is 331 Å². The zero-order valence-electron chi connectivity index (χ0n) is 35.8. The van der Waals surface area contributed by atoms with Gasteiger partial charge in [0.15, 0.2) is 0 Å². The lowest BCUT2D eigenvalue weighted by Gasteiger charge is -2.20. The number of aliphatic hydroxyl groups is 2. The fraction of sp³-hybridized carbons (Fsp3) is 0.857. The maximum Gasteiger partial charge on any atom is 0.220 e. The third kappa shape index (κ3) is 41.6. The molecule has 1 amide bonds. The topological polar surface area (TPSA) is 69.6 Å². The summed E-state index contributed by atoms with van der Waals surface area (Å²) in [6, 6.07) is -0.626. The second-order valence-electron chi connectivity index (χ2n) is 16.2. The van der Waals surface area contributed by atoms with Gasteiger partial charge in [0.1, 0.15) is 0 Å². The van der Waals surface area contributed by atoms with Crippen molar-refractivity contribution in [3.8, 4) is 0 Å². The molecule has 0 aromatic heterocycles. The fourth-order valence-electron chi connectivity index (χ4n) is 7.21. The SMILES string of the molecule is CCCCCCCCCCC/C=C\C/C=C\CCCCCCCCCC(=O)NC(CO)C(O)/C=C/CCCCCCCCCCCCCCCCCC. The van der Waals surface area contributed by atoms with E-state index in [4.69, 9.17) is 0 Å². The van der Waals surface area contributed by atoms with Gasteiger partial charge in [-0.15, -0.1) is 0 Å². The zero-order chi connectivity index (χ0) is 38.6. The van der Waals surface area contributed by atoms with Crippen molar-refractivity contribution < 1.29 is 15.0 Å². The molecule has 312 valence electrons. The molecule has 0 bridgehead atoms. The number of carbonyl (C=O) groups is 1. The Kier molecular flexibility index (Phi) is 43.8. The van der Waals surface area contributed by atoms with Crippen molar-refractivity contribution in [2.75, 3.05) is 6.61 Å². The van der Waals surface area contributed by atoms with Crippen molar-refractivity contribution in [3.05, 3.63) is 36.5 Å². The number of amides is 1. The average Bonchev–Trinajstić information content (AvgIpc) is 3.16. The molecule has 0 saturated heterocycles. The molecule has 4 heteroatoms. The Hall–Kier alpha value is -1.39. The number of aliphatic hydroxyl groups excluding tert-OH is 2. The molecule has 0 spiro atoms. The minimum Gasteiger partial charge on any atom is -0.394 e. The first kappa shape index (κ1) is 51.6. The summed E-state index contributed by atoms with van der Waals surface area (Å²) in [4.78, 5) is 12.4. The minimum absolute atomic E-state index is 0.0700. The molecule has 0 aliphatic rings. The summed E-state index contributed by atoms with van der Waals surface area (Å²) >= 11 is 0. The number of hydrogen-bond donors (Lipinski definition) is 3. The predicted octanol–water partition coefficient (Wildman–Crippen LogP) is 15.0. The van der Waals surface area contributed by atoms with E-state index in [1.54, 1.807) is 6.08 Å². The van der Waals surface area contributed by atoms with Crippen LogP contribution >= 0.6 is 0 Å². The number of hydrogen-bond acceptors (Lipinski definition) is 3. The lowest BCUT2D eigenvalue weighted by Crippen LogP contribution is -2.45. The van der Waals surface area contributed by atoms with Crippen LogP contribution in [0.15, 0.2) is 36.5 Å². The molecule has 4 nitrogen and oxygen atoms in total. The number of allylic oxidation sites excluding steroid dienone is 5. The average molecular weight is 744 g/mol. The molecule has 2 unspecified atom stereocenters. The number of nitrogens with one attached hydrogen (secondary N) is 1. The van der Waals surface area contributed by atoms with E-state index < -0.39 is 12.1 Å². The molecular weight excluding hydrogens is 651 g/mol. The first-order valence-corrected chi connectivity index (χ1v) is 23.7. The van der Waals surface area contributed by atoms with Gasteiger partial charge in [-0.1, -0.05) is 230 Å². The standard InChI is InChI=1S/C49H93NO3/c1-3-5-7-9-11-13-15-17-19-21-23-24-25-26-27-29-31-33-35-37-39-41-43-45-49(53)50-47(46-51)48(52)44-42-40-38-36-34-32-30-28-22-20-18-16-14-12-10-8-6-4-2/h23-24,26-27,42,44,47-48,51-52H,3-22,25,28-41,43,45-46H2,1-2H3,(H,50,53)/b24-23-,27-26-,44-42+. The van der Waals surface area contributed by atoms with Crippen LogP contribution in [-0.4, -0.2) is 34.9 Å². The maximum atomic E-state index is 12.4. The van der Waals surface area contributed by atoms with E-state index in [0.29, 0.717) is 6.42 Å². The second-order valence-corrected chi connectivity index (χ2v) is 16.2. The number of rotatable bonds is 43. The molecule has 0 radical (unpaired) electrons. The van der Waals surface area contributed by atoms with Crippen LogP contribution in [0.1, 0.15) is 251 Å². The summed E-state index contributed by atoms with van der Waals surface area (Å²) in [5.41, 5.74) is 0. The van der Waals surface area contributed by atoms with Gasteiger partial charge >= 0.3 is 0 Å². The van der Waals surface area contributed by atoms with Gasteiger partial charge in [-0.25, -0.2) is 0 Å². The minimum atomic E-state index is -0.842. The number of carbonyl (C=O) groups excluding carboxylic acids is 1. The van der Waals surface area contributed by atoms with E-state index in [2.05, 4.69) is 43.5 Å². The van der Waals surface area contributed by atoms with Crippen LogP contribution in [0.25, 0.3) is 0 Å². The third-order valence-corrected chi connectivity index (χ3v) is 10.9.